The molecule has 0 spiro atoms. The van der Waals surface area contributed by atoms with Crippen LogP contribution in [0.2, 0.25) is 4.47 Å². The fourth-order valence-corrected chi connectivity index (χ4v) is 5.19. The molecule has 8 heteroatoms. The third-order valence-electron chi connectivity index (χ3n) is 3.97. The lowest BCUT2D eigenvalue weighted by Crippen LogP contribution is -2.42. The minimum atomic E-state index is -0.270. The van der Waals surface area contributed by atoms with Crippen molar-refractivity contribution < 1.29 is 9.67 Å². The Bertz CT molecular complexity index is 985. The molecule has 0 bridgehead atoms. The number of thiazole rings is 1. The fourth-order valence-electron chi connectivity index (χ4n) is 2.80. The van der Waals surface area contributed by atoms with Crippen LogP contribution in [0, 0.1) is 0 Å². The lowest BCUT2D eigenvalue weighted by atomic mass is 10.1. The number of hydrogen-bond acceptors (Lipinski definition) is 5. The van der Waals surface area contributed by atoms with E-state index in [-0.39, 0.29) is 22.3 Å². The molecule has 1 aromatic carbocycles. The monoisotopic (exact) mass is 377 g/mol. The number of aromatic nitrogens is 3. The summed E-state index contributed by atoms with van der Waals surface area (Å²) in [6, 6.07) is 9.07. The smallest absolute Gasteiger partial charge is 0.345 e. The molecule has 0 radical (unpaired) electrons. The first-order chi connectivity index (χ1) is 11.6. The summed E-state index contributed by atoms with van der Waals surface area (Å²) in [4.78, 5) is 18.0. The molecule has 1 atom stereocenters. The summed E-state index contributed by atoms with van der Waals surface area (Å²) in [5.41, 5.74) is 0.614. The van der Waals surface area contributed by atoms with Crippen LogP contribution in [-0.4, -0.2) is 9.55 Å². The van der Waals surface area contributed by atoms with Gasteiger partial charge in [0.15, 0.2) is 4.47 Å². The molecule has 2 aromatic heterocycles. The van der Waals surface area contributed by atoms with E-state index in [0.717, 1.165) is 4.88 Å². The summed E-state index contributed by atoms with van der Waals surface area (Å²) in [7, 11) is 1.70. The van der Waals surface area contributed by atoms with E-state index in [4.69, 9.17) is 11.6 Å². The van der Waals surface area contributed by atoms with E-state index in [0.29, 0.717) is 21.7 Å². The SMILES string of the molecule is C[n+]1c([O-])c(-c2ccccc2)c(=O)n2c1SC(c1cnc(Cl)s1)C2. The Morgan fingerprint density at radius 3 is 2.79 bits per heavy atom. The molecular formula is C16H12ClN3O2S2. The Morgan fingerprint density at radius 1 is 1.38 bits per heavy atom. The first-order valence-electron chi connectivity index (χ1n) is 7.23. The standard InChI is InChI=1S/C16H12ClN3O2S2/c1-19-13(21)12(9-5-3-2-4-6-9)14(22)20-8-11(24-16(19)20)10-7-18-15(17)23-10/h2-7,11H,8H2,1H3. The maximum atomic E-state index is 12.9. The minimum absolute atomic E-state index is 0.0410. The minimum Gasteiger partial charge on any atom is -0.842 e. The van der Waals surface area contributed by atoms with E-state index < -0.39 is 0 Å². The van der Waals surface area contributed by atoms with Gasteiger partial charge < -0.3 is 5.11 Å². The van der Waals surface area contributed by atoms with Gasteiger partial charge in [-0.3, -0.25) is 0 Å². The zero-order chi connectivity index (χ0) is 16.8. The largest absolute Gasteiger partial charge is 0.842 e. The van der Waals surface area contributed by atoms with E-state index in [9.17, 15) is 9.90 Å². The van der Waals surface area contributed by atoms with Gasteiger partial charge in [0.2, 0.25) is 0 Å². The van der Waals surface area contributed by atoms with Crippen molar-refractivity contribution in [3.63, 3.8) is 0 Å². The number of benzene rings is 1. The number of thioether (sulfide) groups is 1. The Balaban J connectivity index is 1.85. The van der Waals surface area contributed by atoms with Gasteiger partial charge in [0, 0.05) is 11.1 Å². The van der Waals surface area contributed by atoms with Crippen molar-refractivity contribution in [3.8, 4) is 17.0 Å². The van der Waals surface area contributed by atoms with Crippen LogP contribution in [0.4, 0.5) is 0 Å². The molecule has 1 aliphatic rings. The summed E-state index contributed by atoms with van der Waals surface area (Å²) in [6.07, 6.45) is 1.73. The molecule has 0 N–H and O–H groups in total. The predicted octanol–water partition coefficient (Wildman–Crippen LogP) is 2.37. The maximum absolute atomic E-state index is 12.9. The molecule has 0 saturated heterocycles. The highest BCUT2D eigenvalue weighted by molar-refractivity contribution is 7.99. The molecule has 0 fully saturated rings. The number of nitrogens with zero attached hydrogens (tertiary/aromatic N) is 3. The molecule has 0 aliphatic carbocycles. The third kappa shape index (κ3) is 2.44. The summed E-state index contributed by atoms with van der Waals surface area (Å²) in [5.74, 6) is -0.270. The molecule has 3 heterocycles. The molecule has 0 saturated carbocycles. The third-order valence-corrected chi connectivity index (χ3v) is 6.74. The molecule has 24 heavy (non-hydrogen) atoms. The predicted molar refractivity (Wildman–Crippen MR) is 92.5 cm³/mol. The first kappa shape index (κ1) is 15.7. The molecule has 0 amide bonds. The van der Waals surface area contributed by atoms with Gasteiger partial charge in [-0.15, -0.1) is 11.3 Å². The van der Waals surface area contributed by atoms with Crippen LogP contribution >= 0.6 is 34.7 Å². The summed E-state index contributed by atoms with van der Waals surface area (Å²) >= 11 is 8.82. The summed E-state index contributed by atoms with van der Waals surface area (Å²) < 4.78 is 3.71. The topological polar surface area (TPSA) is 61.8 Å². The van der Waals surface area contributed by atoms with Crippen LogP contribution in [0.3, 0.4) is 0 Å². The zero-order valence-corrected chi connectivity index (χ0v) is 15.0. The second-order valence-corrected chi connectivity index (χ2v) is 8.24. The molecule has 3 aromatic rings. The number of halogens is 1. The second-order valence-electron chi connectivity index (χ2n) is 5.43. The molecule has 122 valence electrons. The second kappa shape index (κ2) is 5.91. The van der Waals surface area contributed by atoms with Crippen molar-refractivity contribution in [2.45, 2.75) is 17.0 Å². The number of fused-ring (bicyclic) bond motifs is 1. The van der Waals surface area contributed by atoms with Crippen molar-refractivity contribution in [1.29, 1.82) is 0 Å². The fraction of sp³-hybridized carbons (Fsp3) is 0.188. The van der Waals surface area contributed by atoms with Crippen LogP contribution in [0.5, 0.6) is 5.88 Å². The molecule has 1 aliphatic heterocycles. The molecule has 1 unspecified atom stereocenters. The average molecular weight is 378 g/mol. The highest BCUT2D eigenvalue weighted by atomic mass is 35.5. The van der Waals surface area contributed by atoms with Crippen LogP contribution in [0.1, 0.15) is 10.1 Å². The van der Waals surface area contributed by atoms with Crippen LogP contribution < -0.4 is 15.2 Å². The van der Waals surface area contributed by atoms with E-state index in [2.05, 4.69) is 4.98 Å². The van der Waals surface area contributed by atoms with Gasteiger partial charge in [0.25, 0.3) is 0 Å². The van der Waals surface area contributed by atoms with Crippen LogP contribution in [0.25, 0.3) is 11.1 Å². The highest BCUT2D eigenvalue weighted by Crippen LogP contribution is 2.43. The lowest BCUT2D eigenvalue weighted by molar-refractivity contribution is -0.751. The zero-order valence-electron chi connectivity index (χ0n) is 12.6. The Labute approximate surface area is 151 Å². The van der Waals surface area contributed by atoms with Crippen molar-refractivity contribution in [2.24, 2.45) is 7.05 Å². The Kier molecular flexibility index (Phi) is 3.86. The lowest BCUT2D eigenvalue weighted by Gasteiger charge is -2.14. The van der Waals surface area contributed by atoms with E-state index in [1.807, 2.05) is 18.2 Å². The van der Waals surface area contributed by atoms with Crippen molar-refractivity contribution >= 4 is 34.7 Å². The quantitative estimate of drug-likeness (QED) is 0.508. The van der Waals surface area contributed by atoms with E-state index in [1.54, 1.807) is 34.5 Å². The van der Waals surface area contributed by atoms with Crippen molar-refractivity contribution in [1.82, 2.24) is 9.55 Å². The Morgan fingerprint density at radius 2 is 2.12 bits per heavy atom. The Hall–Kier alpha value is -1.83. The normalized spacial score (nSPS) is 16.3. The van der Waals surface area contributed by atoms with Crippen LogP contribution in [0.15, 0.2) is 46.5 Å². The summed E-state index contributed by atoms with van der Waals surface area (Å²) in [6.45, 7) is 0.505. The van der Waals surface area contributed by atoms with Gasteiger partial charge in [-0.05, 0) is 17.3 Å². The first-order valence-corrected chi connectivity index (χ1v) is 9.31. The molecule has 5 nitrogen and oxygen atoms in total. The molecular weight excluding hydrogens is 366 g/mol. The van der Waals surface area contributed by atoms with Gasteiger partial charge in [0.05, 0.1) is 18.2 Å². The maximum Gasteiger partial charge on any atom is 0.345 e. The average Bonchev–Trinajstić information content (AvgIpc) is 3.20. The van der Waals surface area contributed by atoms with Crippen molar-refractivity contribution in [3.05, 3.63) is 56.2 Å². The van der Waals surface area contributed by atoms with Crippen LogP contribution in [-0.2, 0) is 13.6 Å². The van der Waals surface area contributed by atoms with E-state index >= 15 is 0 Å². The molecule has 4 rings (SSSR count). The highest BCUT2D eigenvalue weighted by Gasteiger charge is 2.36. The van der Waals surface area contributed by atoms with Gasteiger partial charge in [-0.1, -0.05) is 41.9 Å². The summed E-state index contributed by atoms with van der Waals surface area (Å²) in [5, 5.41) is 13.4. The van der Waals surface area contributed by atoms with Gasteiger partial charge in [-0.25, -0.2) is 14.3 Å². The van der Waals surface area contributed by atoms with E-state index in [1.165, 1.54) is 23.1 Å². The number of hydrogen-bond donors (Lipinski definition) is 0. The number of rotatable bonds is 2. The van der Waals surface area contributed by atoms with Crippen molar-refractivity contribution in [2.75, 3.05) is 0 Å². The van der Waals surface area contributed by atoms with Gasteiger partial charge in [0.1, 0.15) is 12.1 Å². The van der Waals surface area contributed by atoms with Gasteiger partial charge in [-0.2, -0.15) is 4.57 Å². The van der Waals surface area contributed by atoms with Gasteiger partial charge >= 0.3 is 10.7 Å².